The minimum Gasteiger partial charge on any atom is -0.487 e. The first kappa shape index (κ1) is 25.5. The van der Waals surface area contributed by atoms with Gasteiger partial charge in [0.2, 0.25) is 0 Å². The molecule has 0 aliphatic heterocycles. The fourth-order valence-electron chi connectivity index (χ4n) is 3.42. The molecular weight excluding hydrogens is 482 g/mol. The summed E-state index contributed by atoms with van der Waals surface area (Å²) in [7, 11) is 3.25. The van der Waals surface area contributed by atoms with E-state index in [1.807, 2.05) is 61.5 Å². The van der Waals surface area contributed by atoms with Gasteiger partial charge in [0.1, 0.15) is 36.9 Å². The van der Waals surface area contributed by atoms with E-state index >= 15 is 0 Å². The Morgan fingerprint density at radius 1 is 0.778 bits per heavy atom. The number of nitrogens with one attached hydrogen (secondary N) is 1. The lowest BCUT2D eigenvalue weighted by Gasteiger charge is -2.15. The maximum atomic E-state index is 6.10. The van der Waals surface area contributed by atoms with Crippen LogP contribution in [-0.4, -0.2) is 50.6 Å². The van der Waals surface area contributed by atoms with Crippen molar-refractivity contribution in [3.05, 3.63) is 71.5 Å². The van der Waals surface area contributed by atoms with Gasteiger partial charge in [-0.3, -0.25) is 0 Å². The highest BCUT2D eigenvalue weighted by Gasteiger charge is 2.13. The lowest BCUT2D eigenvalue weighted by atomic mass is 10.2. The number of fused-ring (bicyclic) bond motifs is 1. The van der Waals surface area contributed by atoms with E-state index in [9.17, 15) is 0 Å². The van der Waals surface area contributed by atoms with Crippen molar-refractivity contribution in [2.75, 3.05) is 46.0 Å². The Morgan fingerprint density at radius 3 is 2.11 bits per heavy atom. The van der Waals surface area contributed by atoms with Crippen LogP contribution in [0.25, 0.3) is 10.9 Å². The Kier molecular flexibility index (Phi) is 8.78. The van der Waals surface area contributed by atoms with Crippen molar-refractivity contribution in [1.82, 2.24) is 9.97 Å². The van der Waals surface area contributed by atoms with E-state index in [1.165, 1.54) is 6.33 Å². The predicted octanol–water partition coefficient (Wildman–Crippen LogP) is 6.18. The standard InChI is InChI=1S/C27H28ClN3O5/c1-18-14-21(8-9-23(18)28)36-20-6-4-19(5-7-20)31-27-22-15-25(34-12-10-32-2)26(35-13-11-33-3)16-24(22)29-17-30-27/h4-9,14-17H,10-13H2,1-3H3,(H,29,30,31). The van der Waals surface area contributed by atoms with Gasteiger partial charge in [0, 0.05) is 36.4 Å². The molecule has 0 fully saturated rings. The first-order chi connectivity index (χ1) is 17.6. The van der Waals surface area contributed by atoms with E-state index in [4.69, 9.17) is 35.3 Å². The molecule has 1 aromatic heterocycles. The van der Waals surface area contributed by atoms with Crippen LogP contribution in [0.5, 0.6) is 23.0 Å². The number of anilines is 2. The van der Waals surface area contributed by atoms with Crippen LogP contribution in [0.3, 0.4) is 0 Å². The van der Waals surface area contributed by atoms with Crippen molar-refractivity contribution >= 4 is 34.0 Å². The normalized spacial score (nSPS) is 10.9. The quantitative estimate of drug-likeness (QED) is 0.227. The van der Waals surface area contributed by atoms with Crippen molar-refractivity contribution in [3.63, 3.8) is 0 Å². The Morgan fingerprint density at radius 2 is 1.44 bits per heavy atom. The number of methoxy groups -OCH3 is 2. The zero-order valence-electron chi connectivity index (χ0n) is 20.4. The van der Waals surface area contributed by atoms with Crippen molar-refractivity contribution in [2.24, 2.45) is 0 Å². The van der Waals surface area contributed by atoms with Crippen molar-refractivity contribution in [2.45, 2.75) is 6.92 Å². The molecule has 1 N–H and O–H groups in total. The Hall–Kier alpha value is -3.59. The average Bonchev–Trinajstić information content (AvgIpc) is 2.88. The van der Waals surface area contributed by atoms with Gasteiger partial charge in [-0.05, 0) is 61.0 Å². The minimum atomic E-state index is 0.383. The molecule has 1 heterocycles. The number of halogens is 1. The average molecular weight is 510 g/mol. The molecule has 0 unspecified atom stereocenters. The molecule has 0 atom stereocenters. The Labute approximate surface area is 215 Å². The van der Waals surface area contributed by atoms with E-state index < -0.39 is 0 Å². The highest BCUT2D eigenvalue weighted by Crippen LogP contribution is 2.35. The van der Waals surface area contributed by atoms with Crippen LogP contribution in [0, 0.1) is 6.92 Å². The summed E-state index contributed by atoms with van der Waals surface area (Å²) in [6.45, 7) is 3.63. The summed E-state index contributed by atoms with van der Waals surface area (Å²) in [5, 5.41) is 4.86. The highest BCUT2D eigenvalue weighted by atomic mass is 35.5. The third-order valence-electron chi connectivity index (χ3n) is 5.27. The molecule has 0 radical (unpaired) electrons. The van der Waals surface area contributed by atoms with Crippen LogP contribution in [0.15, 0.2) is 60.9 Å². The second kappa shape index (κ2) is 12.4. The molecule has 0 aliphatic rings. The Balaban J connectivity index is 1.55. The van der Waals surface area contributed by atoms with Gasteiger partial charge >= 0.3 is 0 Å². The molecule has 0 bridgehead atoms. The number of rotatable bonds is 12. The monoisotopic (exact) mass is 509 g/mol. The lowest BCUT2D eigenvalue weighted by molar-refractivity contribution is 0.132. The second-order valence-corrected chi connectivity index (χ2v) is 8.29. The maximum Gasteiger partial charge on any atom is 0.163 e. The molecule has 188 valence electrons. The molecule has 0 saturated carbocycles. The van der Waals surface area contributed by atoms with Crippen molar-refractivity contribution < 1.29 is 23.7 Å². The molecule has 8 nitrogen and oxygen atoms in total. The second-order valence-electron chi connectivity index (χ2n) is 7.88. The summed E-state index contributed by atoms with van der Waals surface area (Å²) in [6.07, 6.45) is 1.51. The summed E-state index contributed by atoms with van der Waals surface area (Å²) in [6, 6.07) is 16.9. The van der Waals surface area contributed by atoms with Crippen LogP contribution in [0.2, 0.25) is 5.02 Å². The van der Waals surface area contributed by atoms with Gasteiger partial charge in [-0.1, -0.05) is 11.6 Å². The lowest BCUT2D eigenvalue weighted by Crippen LogP contribution is -2.09. The summed E-state index contributed by atoms with van der Waals surface area (Å²) >= 11 is 6.10. The van der Waals surface area contributed by atoms with Crippen LogP contribution in [-0.2, 0) is 9.47 Å². The van der Waals surface area contributed by atoms with E-state index in [0.29, 0.717) is 54.5 Å². The molecule has 36 heavy (non-hydrogen) atoms. The molecule has 0 amide bonds. The molecule has 4 aromatic rings. The summed E-state index contributed by atoms with van der Waals surface area (Å²) in [5.74, 6) is 3.24. The SMILES string of the molecule is COCCOc1cc2ncnc(Nc3ccc(Oc4ccc(Cl)c(C)c4)cc3)c2cc1OCCOC. The van der Waals surface area contributed by atoms with E-state index in [-0.39, 0.29) is 0 Å². The van der Waals surface area contributed by atoms with Gasteiger partial charge in [0.05, 0.1) is 18.7 Å². The molecule has 3 aromatic carbocycles. The zero-order chi connectivity index (χ0) is 25.3. The summed E-state index contributed by atoms with van der Waals surface area (Å²) < 4.78 is 27.9. The zero-order valence-corrected chi connectivity index (χ0v) is 21.2. The van der Waals surface area contributed by atoms with Gasteiger partial charge < -0.3 is 29.0 Å². The topological polar surface area (TPSA) is 84.0 Å². The Bertz CT molecular complexity index is 1300. The van der Waals surface area contributed by atoms with Crippen LogP contribution >= 0.6 is 11.6 Å². The van der Waals surface area contributed by atoms with Crippen LogP contribution < -0.4 is 19.5 Å². The van der Waals surface area contributed by atoms with Crippen molar-refractivity contribution in [1.29, 1.82) is 0 Å². The van der Waals surface area contributed by atoms with Gasteiger partial charge in [-0.25, -0.2) is 9.97 Å². The molecule has 9 heteroatoms. The molecule has 4 rings (SSSR count). The number of ether oxygens (including phenoxy) is 5. The molecule has 0 spiro atoms. The number of aryl methyl sites for hydroxylation is 1. The number of aromatic nitrogens is 2. The fourth-order valence-corrected chi connectivity index (χ4v) is 3.54. The van der Waals surface area contributed by atoms with Gasteiger partial charge in [-0.2, -0.15) is 0 Å². The largest absolute Gasteiger partial charge is 0.487 e. The van der Waals surface area contributed by atoms with Crippen LogP contribution in [0.1, 0.15) is 5.56 Å². The van der Waals surface area contributed by atoms with Gasteiger partial charge in [0.15, 0.2) is 11.5 Å². The van der Waals surface area contributed by atoms with E-state index in [1.54, 1.807) is 14.2 Å². The van der Waals surface area contributed by atoms with Gasteiger partial charge in [-0.15, -0.1) is 0 Å². The highest BCUT2D eigenvalue weighted by molar-refractivity contribution is 6.31. The first-order valence-corrected chi connectivity index (χ1v) is 11.8. The number of benzene rings is 3. The molecular formula is C27H28ClN3O5. The number of hydrogen-bond donors (Lipinski definition) is 1. The fraction of sp³-hybridized carbons (Fsp3) is 0.259. The number of nitrogens with zero attached hydrogens (tertiary/aromatic N) is 2. The molecule has 0 saturated heterocycles. The summed E-state index contributed by atoms with van der Waals surface area (Å²) in [4.78, 5) is 8.86. The number of hydrogen-bond acceptors (Lipinski definition) is 8. The minimum absolute atomic E-state index is 0.383. The van der Waals surface area contributed by atoms with E-state index in [2.05, 4.69) is 15.3 Å². The van der Waals surface area contributed by atoms with Gasteiger partial charge in [0.25, 0.3) is 0 Å². The first-order valence-electron chi connectivity index (χ1n) is 11.4. The van der Waals surface area contributed by atoms with Crippen LogP contribution in [0.4, 0.5) is 11.5 Å². The maximum absolute atomic E-state index is 6.10. The summed E-state index contributed by atoms with van der Waals surface area (Å²) in [5.41, 5.74) is 2.52. The third kappa shape index (κ3) is 6.54. The van der Waals surface area contributed by atoms with E-state index in [0.717, 1.165) is 27.9 Å². The predicted molar refractivity (Wildman–Crippen MR) is 140 cm³/mol. The van der Waals surface area contributed by atoms with Crippen molar-refractivity contribution in [3.8, 4) is 23.0 Å². The molecule has 0 aliphatic carbocycles. The third-order valence-corrected chi connectivity index (χ3v) is 5.70. The smallest absolute Gasteiger partial charge is 0.163 e.